The van der Waals surface area contributed by atoms with Crippen molar-refractivity contribution in [3.05, 3.63) is 58.9 Å². The molecule has 0 heterocycles. The van der Waals surface area contributed by atoms with Crippen molar-refractivity contribution in [1.82, 2.24) is 10.0 Å². The van der Waals surface area contributed by atoms with Crippen LogP contribution < -0.4 is 14.8 Å². The lowest BCUT2D eigenvalue weighted by atomic mass is 10.2. The molecule has 0 fully saturated rings. The molecule has 0 aromatic heterocycles. The van der Waals surface area contributed by atoms with Gasteiger partial charge in [-0.2, -0.15) is 0 Å². The van der Waals surface area contributed by atoms with Gasteiger partial charge in [0.25, 0.3) is 5.91 Å². The van der Waals surface area contributed by atoms with Crippen molar-refractivity contribution in [1.29, 1.82) is 0 Å². The van der Waals surface area contributed by atoms with E-state index < -0.39 is 21.7 Å². The smallest absolute Gasteiger partial charge is 0.255 e. The van der Waals surface area contributed by atoms with E-state index >= 15 is 0 Å². The second kappa shape index (κ2) is 8.98. The fraction of sp³-hybridized carbons (Fsp3) is 0.235. The van der Waals surface area contributed by atoms with Crippen LogP contribution in [0.5, 0.6) is 5.75 Å². The van der Waals surface area contributed by atoms with Gasteiger partial charge in [0.15, 0.2) is 0 Å². The monoisotopic (exact) mass is 400 g/mol. The second-order valence-corrected chi connectivity index (χ2v) is 7.33. The lowest BCUT2D eigenvalue weighted by Gasteiger charge is -2.10. The number of sulfonamides is 1. The van der Waals surface area contributed by atoms with E-state index in [4.69, 9.17) is 16.3 Å². The molecule has 26 heavy (non-hydrogen) atoms. The van der Waals surface area contributed by atoms with Gasteiger partial charge in [-0.1, -0.05) is 17.7 Å². The molecule has 0 bridgehead atoms. The number of carbonyl (C=O) groups excluding carboxylic acids is 1. The molecule has 0 aliphatic rings. The number of carbonyl (C=O) groups is 1. The van der Waals surface area contributed by atoms with E-state index in [1.165, 1.54) is 24.3 Å². The van der Waals surface area contributed by atoms with Crippen LogP contribution in [0, 0.1) is 5.82 Å². The van der Waals surface area contributed by atoms with Crippen molar-refractivity contribution < 1.29 is 22.3 Å². The molecule has 0 radical (unpaired) electrons. The minimum atomic E-state index is -3.73. The summed E-state index contributed by atoms with van der Waals surface area (Å²) in [6.07, 6.45) is 0. The maximum Gasteiger partial charge on any atom is 0.255 e. The van der Waals surface area contributed by atoms with Gasteiger partial charge in [0.1, 0.15) is 11.6 Å². The van der Waals surface area contributed by atoms with Crippen LogP contribution in [-0.4, -0.2) is 34.0 Å². The highest BCUT2D eigenvalue weighted by atomic mass is 35.5. The molecule has 2 rings (SSSR count). The highest BCUT2D eigenvalue weighted by molar-refractivity contribution is 7.89. The summed E-state index contributed by atoms with van der Waals surface area (Å²) in [5.74, 6) is -0.890. The van der Waals surface area contributed by atoms with Crippen molar-refractivity contribution >= 4 is 27.5 Å². The molecule has 2 aromatic rings. The summed E-state index contributed by atoms with van der Waals surface area (Å²) in [5.41, 5.74) is -0.275. The van der Waals surface area contributed by atoms with Crippen molar-refractivity contribution in [3.63, 3.8) is 0 Å². The standard InChI is InChI=1S/C17H18ClFN2O4S/c1-2-25-12-6-8-13(9-7-12)26(23,24)21-11-10-20-17(22)16-14(18)4-3-5-15(16)19/h3-9,21H,2,10-11H2,1H3,(H,20,22). The van der Waals surface area contributed by atoms with Gasteiger partial charge in [0, 0.05) is 13.1 Å². The summed E-state index contributed by atoms with van der Waals surface area (Å²) in [7, 11) is -3.73. The molecule has 1 amide bonds. The lowest BCUT2D eigenvalue weighted by molar-refractivity contribution is 0.0950. The molecule has 0 unspecified atom stereocenters. The van der Waals surface area contributed by atoms with Crippen LogP contribution in [0.15, 0.2) is 47.4 Å². The largest absolute Gasteiger partial charge is 0.494 e. The third-order valence-electron chi connectivity index (χ3n) is 3.34. The summed E-state index contributed by atoms with van der Waals surface area (Å²) < 4.78 is 45.6. The average molecular weight is 401 g/mol. The first-order valence-electron chi connectivity index (χ1n) is 7.80. The quantitative estimate of drug-likeness (QED) is 0.667. The molecule has 0 saturated carbocycles. The Kier molecular flexibility index (Phi) is 6.96. The molecule has 2 N–H and O–H groups in total. The molecule has 6 nitrogen and oxygen atoms in total. The predicted molar refractivity (Wildman–Crippen MR) is 96.5 cm³/mol. The number of ether oxygens (including phenoxy) is 1. The third kappa shape index (κ3) is 5.17. The minimum absolute atomic E-state index is 0.0162. The van der Waals surface area contributed by atoms with E-state index in [-0.39, 0.29) is 28.6 Å². The van der Waals surface area contributed by atoms with Gasteiger partial charge >= 0.3 is 0 Å². The predicted octanol–water partition coefficient (Wildman–Crippen LogP) is 2.59. The molecule has 0 spiro atoms. The van der Waals surface area contributed by atoms with Crippen molar-refractivity contribution in [2.45, 2.75) is 11.8 Å². The Morgan fingerprint density at radius 3 is 2.46 bits per heavy atom. The van der Waals surface area contributed by atoms with E-state index in [1.54, 1.807) is 12.1 Å². The zero-order valence-electron chi connectivity index (χ0n) is 14.0. The van der Waals surface area contributed by atoms with Crippen LogP contribution in [0.1, 0.15) is 17.3 Å². The van der Waals surface area contributed by atoms with Crippen molar-refractivity contribution in [2.24, 2.45) is 0 Å². The maximum atomic E-state index is 13.6. The van der Waals surface area contributed by atoms with Crippen LogP contribution >= 0.6 is 11.6 Å². The van der Waals surface area contributed by atoms with E-state index in [0.29, 0.717) is 12.4 Å². The van der Waals surface area contributed by atoms with Gasteiger partial charge in [0.2, 0.25) is 10.0 Å². The Hall–Kier alpha value is -2.16. The summed E-state index contributed by atoms with van der Waals surface area (Å²) in [5, 5.41) is 2.40. The van der Waals surface area contributed by atoms with Crippen LogP contribution in [0.3, 0.4) is 0 Å². The SMILES string of the molecule is CCOc1ccc(S(=O)(=O)NCCNC(=O)c2c(F)cccc2Cl)cc1. The van der Waals surface area contributed by atoms with E-state index in [0.717, 1.165) is 6.07 Å². The van der Waals surface area contributed by atoms with Gasteiger partial charge < -0.3 is 10.1 Å². The van der Waals surface area contributed by atoms with Crippen LogP contribution in [0.25, 0.3) is 0 Å². The Labute approximate surface area is 156 Å². The zero-order valence-corrected chi connectivity index (χ0v) is 15.5. The summed E-state index contributed by atoms with van der Waals surface area (Å²) in [6.45, 7) is 2.22. The number of nitrogens with one attached hydrogen (secondary N) is 2. The lowest BCUT2D eigenvalue weighted by Crippen LogP contribution is -2.35. The van der Waals surface area contributed by atoms with Gasteiger partial charge in [-0.05, 0) is 43.3 Å². The normalized spacial score (nSPS) is 11.2. The molecule has 140 valence electrons. The van der Waals surface area contributed by atoms with Crippen LogP contribution in [0.2, 0.25) is 5.02 Å². The highest BCUT2D eigenvalue weighted by Crippen LogP contribution is 2.18. The Balaban J connectivity index is 1.89. The first-order valence-corrected chi connectivity index (χ1v) is 9.66. The Morgan fingerprint density at radius 1 is 1.15 bits per heavy atom. The van der Waals surface area contributed by atoms with Gasteiger partial charge in [-0.25, -0.2) is 17.5 Å². The summed E-state index contributed by atoms with van der Waals surface area (Å²) in [4.78, 5) is 12.0. The molecule has 0 atom stereocenters. The van der Waals surface area contributed by atoms with Crippen molar-refractivity contribution in [3.8, 4) is 5.75 Å². The number of rotatable bonds is 8. The Morgan fingerprint density at radius 2 is 1.85 bits per heavy atom. The third-order valence-corrected chi connectivity index (χ3v) is 5.13. The number of hydrogen-bond acceptors (Lipinski definition) is 4. The molecular formula is C17H18ClFN2O4S. The topological polar surface area (TPSA) is 84.5 Å². The Bertz CT molecular complexity index is 853. The van der Waals surface area contributed by atoms with E-state index in [9.17, 15) is 17.6 Å². The minimum Gasteiger partial charge on any atom is -0.494 e. The molecule has 0 aliphatic carbocycles. The average Bonchev–Trinajstić information content (AvgIpc) is 2.59. The zero-order chi connectivity index (χ0) is 19.2. The number of halogens is 2. The van der Waals surface area contributed by atoms with Gasteiger partial charge in [-0.3, -0.25) is 4.79 Å². The van der Waals surface area contributed by atoms with Gasteiger partial charge in [-0.15, -0.1) is 0 Å². The van der Waals surface area contributed by atoms with Crippen LogP contribution in [-0.2, 0) is 10.0 Å². The first kappa shape index (κ1) is 20.2. The molecular weight excluding hydrogens is 383 g/mol. The molecule has 2 aromatic carbocycles. The second-order valence-electron chi connectivity index (χ2n) is 5.15. The molecule has 9 heteroatoms. The van der Waals surface area contributed by atoms with Crippen LogP contribution in [0.4, 0.5) is 4.39 Å². The van der Waals surface area contributed by atoms with Crippen molar-refractivity contribution in [2.75, 3.05) is 19.7 Å². The fourth-order valence-electron chi connectivity index (χ4n) is 2.13. The number of hydrogen-bond donors (Lipinski definition) is 2. The van der Waals surface area contributed by atoms with E-state index in [1.807, 2.05) is 6.92 Å². The number of amides is 1. The fourth-order valence-corrected chi connectivity index (χ4v) is 3.41. The van der Waals surface area contributed by atoms with E-state index in [2.05, 4.69) is 10.0 Å². The first-order chi connectivity index (χ1) is 12.3. The summed E-state index contributed by atoms with van der Waals surface area (Å²) >= 11 is 5.80. The number of benzene rings is 2. The maximum absolute atomic E-state index is 13.6. The summed E-state index contributed by atoms with van der Waals surface area (Å²) in [6, 6.07) is 9.86. The highest BCUT2D eigenvalue weighted by Gasteiger charge is 2.16. The molecule has 0 saturated heterocycles. The molecule has 0 aliphatic heterocycles. The van der Waals surface area contributed by atoms with Gasteiger partial charge in [0.05, 0.1) is 22.1 Å².